The molecule has 2 aliphatic rings. The van der Waals surface area contributed by atoms with E-state index < -0.39 is 5.60 Å². The minimum Gasteiger partial charge on any atom is -0.486 e. The van der Waals surface area contributed by atoms with Crippen LogP contribution < -0.4 is 4.74 Å². The SMILES string of the molecule is COCCOCC(=O)N1CCC2(CC1)CC(=O)c1cc(Cl)cc(C)c1O2. The highest BCUT2D eigenvalue weighted by molar-refractivity contribution is 6.31. The van der Waals surface area contributed by atoms with Gasteiger partial charge in [-0.25, -0.2) is 0 Å². The van der Waals surface area contributed by atoms with Gasteiger partial charge in [0.1, 0.15) is 18.0 Å². The zero-order chi connectivity index (χ0) is 18.7. The molecule has 1 fully saturated rings. The number of hydrogen-bond donors (Lipinski definition) is 0. The molecular formula is C19H24ClNO5. The van der Waals surface area contributed by atoms with E-state index in [1.165, 1.54) is 0 Å². The molecule has 1 spiro atoms. The van der Waals surface area contributed by atoms with Crippen molar-refractivity contribution in [2.45, 2.75) is 31.8 Å². The molecule has 1 aromatic carbocycles. The van der Waals surface area contributed by atoms with Crippen molar-refractivity contribution in [3.8, 4) is 5.75 Å². The predicted molar refractivity (Wildman–Crippen MR) is 97.0 cm³/mol. The summed E-state index contributed by atoms with van der Waals surface area (Å²) in [6, 6.07) is 3.48. The number of amides is 1. The van der Waals surface area contributed by atoms with Crippen LogP contribution in [0.3, 0.4) is 0 Å². The first-order valence-electron chi connectivity index (χ1n) is 8.81. The van der Waals surface area contributed by atoms with E-state index in [1.807, 2.05) is 13.0 Å². The molecule has 3 rings (SSSR count). The molecule has 0 N–H and O–H groups in total. The predicted octanol–water partition coefficient (Wildman–Crippen LogP) is 2.64. The molecule has 6 nitrogen and oxygen atoms in total. The minimum atomic E-state index is -0.531. The minimum absolute atomic E-state index is 0.0403. The maximum atomic E-state index is 12.6. The van der Waals surface area contributed by atoms with Gasteiger partial charge < -0.3 is 19.1 Å². The smallest absolute Gasteiger partial charge is 0.248 e. The van der Waals surface area contributed by atoms with Gasteiger partial charge in [-0.2, -0.15) is 0 Å². The van der Waals surface area contributed by atoms with Crippen LogP contribution in [0.1, 0.15) is 35.2 Å². The van der Waals surface area contributed by atoms with E-state index in [4.69, 9.17) is 25.8 Å². The number of ketones is 1. The van der Waals surface area contributed by atoms with Gasteiger partial charge in [-0.1, -0.05) is 11.6 Å². The van der Waals surface area contributed by atoms with E-state index in [0.29, 0.717) is 61.9 Å². The Bertz CT molecular complexity index is 697. The first-order valence-corrected chi connectivity index (χ1v) is 9.19. The van der Waals surface area contributed by atoms with Crippen molar-refractivity contribution in [1.29, 1.82) is 0 Å². The molecule has 0 unspecified atom stereocenters. The van der Waals surface area contributed by atoms with Crippen LogP contribution >= 0.6 is 11.6 Å². The largest absolute Gasteiger partial charge is 0.486 e. The second kappa shape index (κ2) is 7.94. The third-order valence-corrected chi connectivity index (χ3v) is 5.24. The molecule has 0 aliphatic carbocycles. The first-order chi connectivity index (χ1) is 12.4. The lowest BCUT2D eigenvalue weighted by molar-refractivity contribution is -0.140. The van der Waals surface area contributed by atoms with Crippen LogP contribution in [0.25, 0.3) is 0 Å². The van der Waals surface area contributed by atoms with E-state index in [9.17, 15) is 9.59 Å². The van der Waals surface area contributed by atoms with Gasteiger partial charge in [-0.05, 0) is 24.6 Å². The van der Waals surface area contributed by atoms with Crippen molar-refractivity contribution in [3.05, 3.63) is 28.3 Å². The molecule has 7 heteroatoms. The highest BCUT2D eigenvalue weighted by Crippen LogP contribution is 2.42. The molecule has 0 bridgehead atoms. The Morgan fingerprint density at radius 3 is 2.73 bits per heavy atom. The number of rotatable bonds is 5. The lowest BCUT2D eigenvalue weighted by atomic mass is 9.82. The number of benzene rings is 1. The average molecular weight is 382 g/mol. The fraction of sp³-hybridized carbons (Fsp3) is 0.579. The number of ether oxygens (including phenoxy) is 3. The summed E-state index contributed by atoms with van der Waals surface area (Å²) in [4.78, 5) is 26.6. The summed E-state index contributed by atoms with van der Waals surface area (Å²) in [7, 11) is 1.59. The second-order valence-corrected chi connectivity index (χ2v) is 7.35. The van der Waals surface area contributed by atoms with Crippen molar-refractivity contribution in [1.82, 2.24) is 4.90 Å². The van der Waals surface area contributed by atoms with Crippen LogP contribution in [0.4, 0.5) is 0 Å². The van der Waals surface area contributed by atoms with E-state index in [2.05, 4.69) is 0 Å². The molecule has 1 aromatic rings. The molecular weight excluding hydrogens is 358 g/mol. The third-order valence-electron chi connectivity index (χ3n) is 5.03. The van der Waals surface area contributed by atoms with Crippen molar-refractivity contribution >= 4 is 23.3 Å². The Hall–Kier alpha value is -1.63. The molecule has 0 atom stereocenters. The van der Waals surface area contributed by atoms with Crippen LogP contribution in [-0.4, -0.2) is 62.2 Å². The molecule has 0 saturated carbocycles. The van der Waals surface area contributed by atoms with Gasteiger partial charge in [0.2, 0.25) is 5.91 Å². The number of methoxy groups -OCH3 is 1. The molecule has 2 heterocycles. The van der Waals surface area contributed by atoms with Crippen LogP contribution in [0.2, 0.25) is 5.02 Å². The summed E-state index contributed by atoms with van der Waals surface area (Å²) in [6.45, 7) is 3.93. The first kappa shape index (κ1) is 19.1. The van der Waals surface area contributed by atoms with Crippen molar-refractivity contribution < 1.29 is 23.8 Å². The molecule has 0 aromatic heterocycles. The Morgan fingerprint density at radius 1 is 1.31 bits per heavy atom. The molecule has 26 heavy (non-hydrogen) atoms. The van der Waals surface area contributed by atoms with Gasteiger partial charge in [0.15, 0.2) is 5.78 Å². The maximum Gasteiger partial charge on any atom is 0.248 e. The molecule has 2 aliphatic heterocycles. The number of halogens is 1. The average Bonchev–Trinajstić information content (AvgIpc) is 2.60. The van der Waals surface area contributed by atoms with Gasteiger partial charge in [0.05, 0.1) is 25.2 Å². The van der Waals surface area contributed by atoms with E-state index in [0.717, 1.165) is 5.56 Å². The fourth-order valence-electron chi connectivity index (χ4n) is 3.55. The fourth-order valence-corrected chi connectivity index (χ4v) is 3.82. The normalized spacial score (nSPS) is 18.6. The van der Waals surface area contributed by atoms with Crippen LogP contribution in [0, 0.1) is 6.92 Å². The van der Waals surface area contributed by atoms with Crippen LogP contribution in [-0.2, 0) is 14.3 Å². The number of fused-ring (bicyclic) bond motifs is 1. The summed E-state index contributed by atoms with van der Waals surface area (Å²) in [6.07, 6.45) is 1.58. The van der Waals surface area contributed by atoms with Gasteiger partial charge >= 0.3 is 0 Å². The summed E-state index contributed by atoms with van der Waals surface area (Å²) in [5.74, 6) is 0.648. The van der Waals surface area contributed by atoms with E-state index >= 15 is 0 Å². The lowest BCUT2D eigenvalue weighted by Crippen LogP contribution is -2.53. The van der Waals surface area contributed by atoms with Gasteiger partial charge in [0, 0.05) is 38.1 Å². The Morgan fingerprint density at radius 2 is 2.04 bits per heavy atom. The van der Waals surface area contributed by atoms with Crippen molar-refractivity contribution in [3.63, 3.8) is 0 Å². The number of nitrogens with zero attached hydrogens (tertiary/aromatic N) is 1. The highest BCUT2D eigenvalue weighted by Gasteiger charge is 2.44. The number of aryl methyl sites for hydroxylation is 1. The molecule has 142 valence electrons. The second-order valence-electron chi connectivity index (χ2n) is 6.91. The lowest BCUT2D eigenvalue weighted by Gasteiger charge is -2.44. The number of carbonyl (C=O) groups excluding carboxylic acids is 2. The summed E-state index contributed by atoms with van der Waals surface area (Å²) >= 11 is 6.07. The Balaban J connectivity index is 1.62. The number of likely N-dealkylation sites (tertiary alicyclic amines) is 1. The summed E-state index contributed by atoms with van der Waals surface area (Å²) in [5.41, 5.74) is 0.895. The topological polar surface area (TPSA) is 65.1 Å². The Labute approximate surface area is 158 Å². The van der Waals surface area contributed by atoms with Gasteiger partial charge in [-0.3, -0.25) is 9.59 Å². The third kappa shape index (κ3) is 4.03. The van der Waals surface area contributed by atoms with Crippen molar-refractivity contribution in [2.24, 2.45) is 0 Å². The van der Waals surface area contributed by atoms with Crippen LogP contribution in [0.15, 0.2) is 12.1 Å². The number of piperidine rings is 1. The molecule has 0 radical (unpaired) electrons. The molecule has 1 saturated heterocycles. The number of Topliss-reactive ketones (excluding diaryl/α,β-unsaturated/α-hetero) is 1. The number of hydrogen-bond acceptors (Lipinski definition) is 5. The highest BCUT2D eigenvalue weighted by atomic mass is 35.5. The quantitative estimate of drug-likeness (QED) is 0.733. The maximum absolute atomic E-state index is 12.6. The Kier molecular flexibility index (Phi) is 5.85. The van der Waals surface area contributed by atoms with E-state index in [1.54, 1.807) is 18.1 Å². The zero-order valence-electron chi connectivity index (χ0n) is 15.2. The van der Waals surface area contributed by atoms with Crippen LogP contribution in [0.5, 0.6) is 5.75 Å². The summed E-state index contributed by atoms with van der Waals surface area (Å²) in [5, 5.41) is 0.544. The van der Waals surface area contributed by atoms with Crippen molar-refractivity contribution in [2.75, 3.05) is 40.0 Å². The molecule has 1 amide bonds. The zero-order valence-corrected chi connectivity index (χ0v) is 15.9. The monoisotopic (exact) mass is 381 g/mol. The van der Waals surface area contributed by atoms with Gasteiger partial charge in [-0.15, -0.1) is 0 Å². The van der Waals surface area contributed by atoms with E-state index in [-0.39, 0.29) is 18.3 Å². The summed E-state index contributed by atoms with van der Waals surface area (Å²) < 4.78 is 16.5. The number of carbonyl (C=O) groups is 2. The van der Waals surface area contributed by atoms with Gasteiger partial charge in [0.25, 0.3) is 0 Å². The standard InChI is InChI=1S/C19H24ClNO5/c1-13-9-14(20)10-15-16(22)11-19(26-18(13)15)3-5-21(6-4-19)17(23)12-25-8-7-24-2/h9-10H,3-8,11-12H2,1-2H3.